The molecule has 1 aliphatic heterocycles. The molecule has 0 unspecified atom stereocenters. The van der Waals surface area contributed by atoms with Gasteiger partial charge in [0, 0.05) is 51.4 Å². The van der Waals surface area contributed by atoms with Gasteiger partial charge in [-0.2, -0.15) is 5.10 Å². The summed E-state index contributed by atoms with van der Waals surface area (Å²) in [6, 6.07) is 1.79. The number of nitrogens with zero attached hydrogens (tertiary/aromatic N) is 4. The van der Waals surface area contributed by atoms with E-state index in [1.54, 1.807) is 10.9 Å². The zero-order valence-electron chi connectivity index (χ0n) is 16.0. The van der Waals surface area contributed by atoms with Crippen LogP contribution >= 0.6 is 0 Å². The molecule has 1 aromatic rings. The third-order valence-electron chi connectivity index (χ3n) is 7.00. The number of hydrogen-bond donors (Lipinski definition) is 1. The van der Waals surface area contributed by atoms with Crippen LogP contribution in [0.4, 0.5) is 0 Å². The fourth-order valence-corrected chi connectivity index (χ4v) is 5.33. The van der Waals surface area contributed by atoms with Crippen LogP contribution < -0.4 is 5.69 Å². The van der Waals surface area contributed by atoms with Crippen molar-refractivity contribution in [3.8, 4) is 0 Å². The Balaban J connectivity index is 1.22. The quantitative estimate of drug-likeness (QED) is 0.881. The summed E-state index contributed by atoms with van der Waals surface area (Å²) in [7, 11) is 1.85. The Morgan fingerprint density at radius 1 is 0.885 bits per heavy atom. The van der Waals surface area contributed by atoms with Gasteiger partial charge in [0.2, 0.25) is 0 Å². The highest BCUT2D eigenvalue weighted by atomic mass is 16.5. The average molecular weight is 364 g/mol. The van der Waals surface area contributed by atoms with Gasteiger partial charge in [0.1, 0.15) is 6.33 Å². The molecular weight excluding hydrogens is 330 g/mol. The lowest BCUT2D eigenvalue weighted by Crippen LogP contribution is -2.54. The molecule has 0 radical (unpaired) electrons. The predicted molar refractivity (Wildman–Crippen MR) is 100 cm³/mol. The zero-order valence-corrected chi connectivity index (χ0v) is 16.0. The molecule has 7 nitrogen and oxygen atoms in total. The van der Waals surface area contributed by atoms with Crippen molar-refractivity contribution in [1.29, 1.82) is 0 Å². The second-order valence-electron chi connectivity index (χ2n) is 8.27. The van der Waals surface area contributed by atoms with Crippen LogP contribution in [0.5, 0.6) is 0 Å². The number of hydrogen-bond acceptors (Lipinski definition) is 5. The first-order valence-corrected chi connectivity index (χ1v) is 10.4. The van der Waals surface area contributed by atoms with Gasteiger partial charge in [0.25, 0.3) is 0 Å². The fourth-order valence-electron chi connectivity index (χ4n) is 5.33. The Labute approximate surface area is 155 Å². The number of piperazine rings is 1. The lowest BCUT2D eigenvalue weighted by molar-refractivity contribution is 0.0107. The Kier molecular flexibility index (Phi) is 5.76. The molecule has 1 saturated heterocycles. The molecule has 0 amide bonds. The number of methoxy groups -OCH3 is 1. The van der Waals surface area contributed by atoms with Gasteiger partial charge in [-0.3, -0.25) is 14.4 Å². The summed E-state index contributed by atoms with van der Waals surface area (Å²) < 4.78 is 7.29. The largest absolute Gasteiger partial charge is 0.381 e. The standard InChI is InChI=1S/C19H33N5O2/c1-26-18-8-6-16(7-9-18)23-12-10-22(11-13-23)15-2-4-17(5-3-15)24-14-20-21-19(24)25/h14-18H,2-13H2,1H3,(H,21,25). The number of nitrogens with one attached hydrogen (secondary N) is 1. The summed E-state index contributed by atoms with van der Waals surface area (Å²) in [5.41, 5.74) is -0.0646. The second-order valence-corrected chi connectivity index (χ2v) is 8.27. The van der Waals surface area contributed by atoms with Crippen molar-refractivity contribution >= 4 is 0 Å². The van der Waals surface area contributed by atoms with Gasteiger partial charge < -0.3 is 4.74 Å². The van der Waals surface area contributed by atoms with E-state index in [1.807, 2.05) is 7.11 Å². The van der Waals surface area contributed by atoms with Crippen molar-refractivity contribution in [3.05, 3.63) is 16.8 Å². The third kappa shape index (κ3) is 3.89. The highest BCUT2D eigenvalue weighted by Gasteiger charge is 2.32. The van der Waals surface area contributed by atoms with E-state index in [9.17, 15) is 4.79 Å². The van der Waals surface area contributed by atoms with Gasteiger partial charge in [-0.15, -0.1) is 0 Å². The monoisotopic (exact) mass is 363 g/mol. The smallest absolute Gasteiger partial charge is 0.343 e. The summed E-state index contributed by atoms with van der Waals surface area (Å²) in [5, 5.41) is 6.39. The molecule has 2 aliphatic carbocycles. The van der Waals surface area contributed by atoms with Gasteiger partial charge in [0.15, 0.2) is 0 Å². The number of ether oxygens (including phenoxy) is 1. The van der Waals surface area contributed by atoms with Gasteiger partial charge in [-0.1, -0.05) is 0 Å². The second kappa shape index (κ2) is 8.23. The molecule has 146 valence electrons. The van der Waals surface area contributed by atoms with Crippen molar-refractivity contribution in [2.45, 2.75) is 75.6 Å². The van der Waals surface area contributed by atoms with Crippen LogP contribution in [-0.2, 0) is 4.74 Å². The van der Waals surface area contributed by atoms with Crippen LogP contribution in [0, 0.1) is 0 Å². The van der Waals surface area contributed by atoms with Crippen molar-refractivity contribution in [2.24, 2.45) is 0 Å². The molecule has 2 saturated carbocycles. The SMILES string of the molecule is COC1CCC(N2CCN(C3CCC(n4cn[nH]c4=O)CC3)CC2)CC1. The van der Waals surface area contributed by atoms with Crippen molar-refractivity contribution < 1.29 is 4.74 Å². The third-order valence-corrected chi connectivity index (χ3v) is 7.00. The minimum Gasteiger partial charge on any atom is -0.381 e. The van der Waals surface area contributed by atoms with E-state index in [-0.39, 0.29) is 5.69 Å². The minimum absolute atomic E-state index is 0.0646. The summed E-state index contributed by atoms with van der Waals surface area (Å²) in [4.78, 5) is 17.2. The summed E-state index contributed by atoms with van der Waals surface area (Å²) in [6.07, 6.45) is 11.7. The van der Waals surface area contributed by atoms with Crippen molar-refractivity contribution in [1.82, 2.24) is 24.6 Å². The number of aromatic amines is 1. The Morgan fingerprint density at radius 2 is 1.38 bits per heavy atom. The fraction of sp³-hybridized carbons (Fsp3) is 0.895. The average Bonchev–Trinajstić information content (AvgIpc) is 3.14. The molecule has 2 heterocycles. The van der Waals surface area contributed by atoms with E-state index in [2.05, 4.69) is 20.0 Å². The molecule has 7 heteroatoms. The normalized spacial score (nSPS) is 34.8. The molecule has 0 bridgehead atoms. The van der Waals surface area contributed by atoms with E-state index < -0.39 is 0 Å². The maximum absolute atomic E-state index is 11.7. The first kappa shape index (κ1) is 18.2. The van der Waals surface area contributed by atoms with Gasteiger partial charge in [-0.05, 0) is 51.4 Å². The molecule has 0 aromatic carbocycles. The highest BCUT2D eigenvalue weighted by molar-refractivity contribution is 4.88. The molecule has 0 atom stereocenters. The molecule has 3 fully saturated rings. The van der Waals surface area contributed by atoms with Gasteiger partial charge >= 0.3 is 5.69 Å². The van der Waals surface area contributed by atoms with Crippen LogP contribution in [0.2, 0.25) is 0 Å². The van der Waals surface area contributed by atoms with Crippen LogP contribution in [0.3, 0.4) is 0 Å². The van der Waals surface area contributed by atoms with E-state index in [0.29, 0.717) is 18.2 Å². The number of aromatic nitrogens is 3. The first-order chi connectivity index (χ1) is 12.7. The van der Waals surface area contributed by atoms with Crippen LogP contribution in [-0.4, -0.2) is 76.0 Å². The molecule has 4 rings (SSSR count). The minimum atomic E-state index is -0.0646. The molecule has 1 N–H and O–H groups in total. The number of rotatable bonds is 4. The van der Waals surface area contributed by atoms with Crippen LogP contribution in [0.25, 0.3) is 0 Å². The number of H-pyrrole nitrogens is 1. The maximum Gasteiger partial charge on any atom is 0.343 e. The highest BCUT2D eigenvalue weighted by Crippen LogP contribution is 2.31. The maximum atomic E-state index is 11.7. The molecule has 1 aromatic heterocycles. The zero-order chi connectivity index (χ0) is 17.9. The van der Waals surface area contributed by atoms with Gasteiger partial charge in [0.05, 0.1) is 6.10 Å². The molecule has 3 aliphatic rings. The van der Waals surface area contributed by atoms with Crippen LogP contribution in [0.1, 0.15) is 57.4 Å². The Bertz CT molecular complexity index is 605. The molecular formula is C19H33N5O2. The Hall–Kier alpha value is -1.18. The summed E-state index contributed by atoms with van der Waals surface area (Å²) in [5.74, 6) is 0. The topological polar surface area (TPSA) is 66.4 Å². The summed E-state index contributed by atoms with van der Waals surface area (Å²) in [6.45, 7) is 4.82. The lowest BCUT2D eigenvalue weighted by atomic mass is 9.89. The Morgan fingerprint density at radius 3 is 1.85 bits per heavy atom. The molecule has 26 heavy (non-hydrogen) atoms. The molecule has 0 spiro atoms. The summed E-state index contributed by atoms with van der Waals surface area (Å²) >= 11 is 0. The predicted octanol–water partition coefficient (Wildman–Crippen LogP) is 1.63. The van der Waals surface area contributed by atoms with E-state index in [1.165, 1.54) is 64.7 Å². The lowest BCUT2D eigenvalue weighted by Gasteiger charge is -2.45. The van der Waals surface area contributed by atoms with Crippen molar-refractivity contribution in [2.75, 3.05) is 33.3 Å². The van der Waals surface area contributed by atoms with E-state index in [4.69, 9.17) is 4.74 Å². The van der Waals surface area contributed by atoms with E-state index >= 15 is 0 Å². The van der Waals surface area contributed by atoms with Crippen LogP contribution in [0.15, 0.2) is 11.1 Å². The van der Waals surface area contributed by atoms with Crippen molar-refractivity contribution in [3.63, 3.8) is 0 Å². The van der Waals surface area contributed by atoms with Gasteiger partial charge in [-0.25, -0.2) is 9.89 Å². The first-order valence-electron chi connectivity index (χ1n) is 10.4. The van der Waals surface area contributed by atoms with E-state index in [0.717, 1.165) is 18.9 Å².